The summed E-state index contributed by atoms with van der Waals surface area (Å²) in [4.78, 5) is 13.4. The fourth-order valence-electron chi connectivity index (χ4n) is 3.25. The van der Waals surface area contributed by atoms with Gasteiger partial charge in [0.1, 0.15) is 0 Å². The first-order chi connectivity index (χ1) is 13.1. The third-order valence-corrected chi connectivity index (χ3v) is 5.76. The van der Waals surface area contributed by atoms with E-state index >= 15 is 0 Å². The first-order valence-electron chi connectivity index (χ1n) is 10.2. The van der Waals surface area contributed by atoms with Gasteiger partial charge in [-0.05, 0) is 57.3 Å². The van der Waals surface area contributed by atoms with Gasteiger partial charge in [-0.3, -0.25) is 4.99 Å². The summed E-state index contributed by atoms with van der Waals surface area (Å²) in [6.07, 6.45) is 4.49. The lowest BCUT2D eigenvalue weighted by atomic mass is 10.2. The van der Waals surface area contributed by atoms with Gasteiger partial charge in [0.2, 0.25) is 0 Å². The van der Waals surface area contributed by atoms with Crippen molar-refractivity contribution in [3.05, 3.63) is 29.8 Å². The zero-order valence-corrected chi connectivity index (χ0v) is 21.1. The molecule has 2 rings (SSSR count). The van der Waals surface area contributed by atoms with Crippen molar-refractivity contribution >= 4 is 41.7 Å². The van der Waals surface area contributed by atoms with Crippen LogP contribution >= 0.6 is 35.7 Å². The van der Waals surface area contributed by atoms with Gasteiger partial charge in [0.15, 0.2) is 5.96 Å². The molecule has 1 fully saturated rings. The zero-order chi connectivity index (χ0) is 19.5. The number of nitrogens with zero attached hydrogens (tertiary/aromatic N) is 4. The van der Waals surface area contributed by atoms with Crippen molar-refractivity contribution in [2.45, 2.75) is 31.2 Å². The Hall–Kier alpha value is -0.510. The van der Waals surface area contributed by atoms with E-state index < -0.39 is 0 Å². The van der Waals surface area contributed by atoms with Crippen molar-refractivity contribution in [1.29, 1.82) is 0 Å². The number of guanidine groups is 1. The summed E-state index contributed by atoms with van der Waals surface area (Å²) in [7, 11) is 4.33. The maximum Gasteiger partial charge on any atom is 0.193 e. The number of hydrogen-bond acceptors (Lipinski definition) is 4. The molecule has 1 aliphatic rings. The van der Waals surface area contributed by atoms with E-state index in [0.29, 0.717) is 0 Å². The second kappa shape index (κ2) is 14.5. The number of likely N-dealkylation sites (N-methyl/N-ethyl adjacent to an activating group) is 1. The van der Waals surface area contributed by atoms with E-state index in [4.69, 9.17) is 4.99 Å². The van der Waals surface area contributed by atoms with Crippen LogP contribution in [0.5, 0.6) is 0 Å². The molecule has 0 bridgehead atoms. The van der Waals surface area contributed by atoms with Gasteiger partial charge in [-0.15, -0.1) is 35.7 Å². The smallest absolute Gasteiger partial charge is 0.193 e. The molecule has 0 aromatic heterocycles. The van der Waals surface area contributed by atoms with Crippen molar-refractivity contribution in [1.82, 2.24) is 20.0 Å². The normalized spacial score (nSPS) is 15.9. The molecule has 0 radical (unpaired) electrons. The molecule has 0 amide bonds. The molecule has 0 atom stereocenters. The number of nitrogens with one attached hydrogen (secondary N) is 1. The van der Waals surface area contributed by atoms with E-state index in [2.05, 4.69) is 71.6 Å². The minimum absolute atomic E-state index is 0. The molecule has 1 N–H and O–H groups in total. The topological polar surface area (TPSA) is 34.1 Å². The Balaban J connectivity index is 0.00000392. The summed E-state index contributed by atoms with van der Waals surface area (Å²) < 4.78 is 0. The predicted molar refractivity (Wildman–Crippen MR) is 134 cm³/mol. The maximum absolute atomic E-state index is 4.84. The monoisotopic (exact) mass is 519 g/mol. The molecule has 1 aromatic carbocycles. The molecule has 1 aromatic rings. The summed E-state index contributed by atoms with van der Waals surface area (Å²) >= 11 is 1.78. The van der Waals surface area contributed by atoms with Crippen molar-refractivity contribution in [3.8, 4) is 0 Å². The Morgan fingerprint density at radius 3 is 2.43 bits per heavy atom. The van der Waals surface area contributed by atoms with E-state index in [1.165, 1.54) is 49.6 Å². The van der Waals surface area contributed by atoms with Crippen LogP contribution in [0.2, 0.25) is 0 Å². The standard InChI is InChI=1S/C21H37N5S.HI/c1-5-22-21(25(3)18-19-8-10-20(27-4)11-9-19)23-12-6-7-13-26-16-14-24(2)15-17-26;/h8-11H,5-7,12-18H2,1-4H3,(H,22,23);1H. The summed E-state index contributed by atoms with van der Waals surface area (Å²) in [5.74, 6) is 1.01. The largest absolute Gasteiger partial charge is 0.357 e. The summed E-state index contributed by atoms with van der Waals surface area (Å²) in [5.41, 5.74) is 1.32. The van der Waals surface area contributed by atoms with E-state index in [0.717, 1.165) is 32.0 Å². The number of hydrogen-bond donors (Lipinski definition) is 1. The first-order valence-corrected chi connectivity index (χ1v) is 11.4. The molecule has 7 heteroatoms. The van der Waals surface area contributed by atoms with Crippen LogP contribution in [-0.4, -0.2) is 86.8 Å². The molecule has 1 saturated heterocycles. The number of unbranched alkanes of at least 4 members (excludes halogenated alkanes) is 1. The summed E-state index contributed by atoms with van der Waals surface area (Å²) in [6, 6.07) is 8.80. The van der Waals surface area contributed by atoms with Crippen LogP contribution in [0.15, 0.2) is 34.2 Å². The third kappa shape index (κ3) is 9.33. The molecule has 160 valence electrons. The molecule has 5 nitrogen and oxygen atoms in total. The average Bonchev–Trinajstić information content (AvgIpc) is 2.69. The molecular weight excluding hydrogens is 481 g/mol. The lowest BCUT2D eigenvalue weighted by molar-refractivity contribution is 0.152. The van der Waals surface area contributed by atoms with Crippen molar-refractivity contribution in [2.75, 3.05) is 66.2 Å². The van der Waals surface area contributed by atoms with Crippen molar-refractivity contribution in [2.24, 2.45) is 4.99 Å². The Bertz CT molecular complexity index is 558. The van der Waals surface area contributed by atoms with E-state index in [9.17, 15) is 0 Å². The molecule has 0 saturated carbocycles. The van der Waals surface area contributed by atoms with Gasteiger partial charge in [-0.1, -0.05) is 12.1 Å². The van der Waals surface area contributed by atoms with E-state index in [-0.39, 0.29) is 24.0 Å². The average molecular weight is 520 g/mol. The molecular formula is C21H38IN5S. The second-order valence-electron chi connectivity index (χ2n) is 7.29. The Kier molecular flexibility index (Phi) is 13.2. The van der Waals surface area contributed by atoms with Crippen molar-refractivity contribution < 1.29 is 0 Å². The van der Waals surface area contributed by atoms with Crippen molar-refractivity contribution in [3.63, 3.8) is 0 Å². The third-order valence-electron chi connectivity index (χ3n) is 5.02. The molecule has 1 heterocycles. The molecule has 0 aliphatic carbocycles. The SMILES string of the molecule is CCNC(=NCCCCN1CCN(C)CC1)N(C)Cc1ccc(SC)cc1.I. The minimum atomic E-state index is 0. The van der Waals surface area contributed by atoms with Gasteiger partial charge < -0.3 is 20.0 Å². The minimum Gasteiger partial charge on any atom is -0.357 e. The predicted octanol–water partition coefficient (Wildman–Crippen LogP) is 3.45. The van der Waals surface area contributed by atoms with Gasteiger partial charge in [-0.2, -0.15) is 0 Å². The van der Waals surface area contributed by atoms with Gasteiger partial charge in [0.05, 0.1) is 0 Å². The van der Waals surface area contributed by atoms with Crippen LogP contribution < -0.4 is 5.32 Å². The first kappa shape index (κ1) is 25.5. The number of piperazine rings is 1. The Morgan fingerprint density at radius 2 is 1.82 bits per heavy atom. The highest BCUT2D eigenvalue weighted by atomic mass is 127. The second-order valence-corrected chi connectivity index (χ2v) is 8.17. The van der Waals surface area contributed by atoms with Gasteiger partial charge in [0.25, 0.3) is 0 Å². The van der Waals surface area contributed by atoms with E-state index in [1.807, 2.05) is 0 Å². The quantitative estimate of drug-likeness (QED) is 0.178. The van der Waals surface area contributed by atoms with Crippen LogP contribution in [0.3, 0.4) is 0 Å². The van der Waals surface area contributed by atoms with E-state index in [1.54, 1.807) is 11.8 Å². The molecule has 0 unspecified atom stereocenters. The van der Waals surface area contributed by atoms with Crippen LogP contribution in [0, 0.1) is 0 Å². The summed E-state index contributed by atoms with van der Waals surface area (Å²) in [5, 5.41) is 3.43. The highest BCUT2D eigenvalue weighted by molar-refractivity contribution is 14.0. The summed E-state index contributed by atoms with van der Waals surface area (Å²) in [6.45, 7) is 10.8. The van der Waals surface area contributed by atoms with Gasteiger partial charge in [-0.25, -0.2) is 0 Å². The highest BCUT2D eigenvalue weighted by Crippen LogP contribution is 2.15. The molecule has 1 aliphatic heterocycles. The number of benzene rings is 1. The fraction of sp³-hybridized carbons (Fsp3) is 0.667. The Labute approximate surface area is 193 Å². The lowest BCUT2D eigenvalue weighted by Crippen LogP contribution is -2.44. The van der Waals surface area contributed by atoms with Crippen LogP contribution in [0.1, 0.15) is 25.3 Å². The zero-order valence-electron chi connectivity index (χ0n) is 18.0. The number of halogens is 1. The van der Waals surface area contributed by atoms with Crippen LogP contribution in [0.4, 0.5) is 0 Å². The number of aliphatic imine (C=N–C) groups is 1. The Morgan fingerprint density at radius 1 is 1.14 bits per heavy atom. The molecule has 28 heavy (non-hydrogen) atoms. The highest BCUT2D eigenvalue weighted by Gasteiger charge is 2.12. The fourth-order valence-corrected chi connectivity index (χ4v) is 3.66. The van der Waals surface area contributed by atoms with Crippen LogP contribution in [-0.2, 0) is 6.54 Å². The number of rotatable bonds is 9. The maximum atomic E-state index is 4.84. The van der Waals surface area contributed by atoms with Gasteiger partial charge >= 0.3 is 0 Å². The number of thioether (sulfide) groups is 1. The molecule has 0 spiro atoms. The lowest BCUT2D eigenvalue weighted by Gasteiger charge is -2.32. The van der Waals surface area contributed by atoms with Crippen LogP contribution in [0.25, 0.3) is 0 Å². The van der Waals surface area contributed by atoms with Gasteiger partial charge in [0, 0.05) is 57.8 Å².